The largest absolute Gasteiger partial charge is 0.287 e. The van der Waals surface area contributed by atoms with E-state index in [9.17, 15) is 0 Å². The van der Waals surface area contributed by atoms with E-state index < -0.39 is 0 Å². The van der Waals surface area contributed by atoms with E-state index in [-0.39, 0.29) is 5.54 Å². The van der Waals surface area contributed by atoms with Crippen molar-refractivity contribution in [3.8, 4) is 12.3 Å². The fraction of sp³-hybridized carbons (Fsp3) is 0.800. The molecule has 0 aliphatic rings. The van der Waals surface area contributed by atoms with Crippen LogP contribution >= 0.6 is 0 Å². The molecule has 0 saturated carbocycles. The Balaban J connectivity index is 4.01. The summed E-state index contributed by atoms with van der Waals surface area (Å²) >= 11 is 0. The Kier molecular flexibility index (Phi) is 4.22. The lowest BCUT2D eigenvalue weighted by atomic mass is 10.1. The minimum atomic E-state index is 0.211. The van der Waals surface area contributed by atoms with Crippen molar-refractivity contribution >= 4 is 0 Å². The summed E-state index contributed by atoms with van der Waals surface area (Å²) in [6, 6.07) is 0. The first kappa shape index (κ1) is 10.5. The molecule has 0 aromatic carbocycles. The molecule has 0 bridgehead atoms. The van der Waals surface area contributed by atoms with Crippen LogP contribution in [-0.4, -0.2) is 23.5 Å². The molecule has 0 saturated heterocycles. The van der Waals surface area contributed by atoms with Gasteiger partial charge in [0.25, 0.3) is 0 Å². The fourth-order valence-corrected chi connectivity index (χ4v) is 1.03. The Bertz CT molecular complexity index is 136. The van der Waals surface area contributed by atoms with E-state index in [1.165, 1.54) is 6.42 Å². The molecule has 11 heavy (non-hydrogen) atoms. The van der Waals surface area contributed by atoms with Gasteiger partial charge >= 0.3 is 0 Å². The van der Waals surface area contributed by atoms with Gasteiger partial charge in [-0.05, 0) is 33.7 Å². The smallest absolute Gasteiger partial charge is 0.0603 e. The molecule has 0 heterocycles. The Labute approximate surface area is 70.8 Å². The average Bonchev–Trinajstić information content (AvgIpc) is 1.85. The summed E-state index contributed by atoms with van der Waals surface area (Å²) in [5, 5.41) is 0. The predicted molar refractivity (Wildman–Crippen MR) is 50.5 cm³/mol. The lowest BCUT2D eigenvalue weighted by Crippen LogP contribution is -2.41. The first-order valence-corrected chi connectivity index (χ1v) is 4.21. The third-order valence-electron chi connectivity index (χ3n) is 1.72. The average molecular weight is 153 g/mol. The first-order valence-electron chi connectivity index (χ1n) is 4.21. The monoisotopic (exact) mass is 153 g/mol. The zero-order valence-electron chi connectivity index (χ0n) is 8.15. The summed E-state index contributed by atoms with van der Waals surface area (Å²) < 4.78 is 0. The van der Waals surface area contributed by atoms with Crippen LogP contribution < -0.4 is 0 Å². The molecule has 0 rings (SSSR count). The molecule has 0 aromatic rings. The molecule has 0 atom stereocenters. The van der Waals surface area contributed by atoms with Gasteiger partial charge in [0.1, 0.15) is 0 Å². The molecule has 0 fully saturated rings. The van der Waals surface area contributed by atoms with Gasteiger partial charge in [-0.3, -0.25) is 4.90 Å². The van der Waals surface area contributed by atoms with Crippen LogP contribution in [0.3, 0.4) is 0 Å². The van der Waals surface area contributed by atoms with E-state index in [1.807, 2.05) is 0 Å². The van der Waals surface area contributed by atoms with Crippen LogP contribution in [-0.2, 0) is 0 Å². The lowest BCUT2D eigenvalue weighted by molar-refractivity contribution is 0.157. The van der Waals surface area contributed by atoms with E-state index in [0.717, 1.165) is 13.1 Å². The van der Waals surface area contributed by atoms with Crippen molar-refractivity contribution in [1.82, 2.24) is 4.90 Å². The van der Waals surface area contributed by atoms with Crippen LogP contribution in [0.5, 0.6) is 0 Å². The molecule has 0 radical (unpaired) electrons. The standard InChI is InChI=1S/C10H19N/c1-6-8-11(9-7-2)10(3,4)5/h1H,7-9H2,2-5H3. The van der Waals surface area contributed by atoms with Crippen molar-refractivity contribution in [1.29, 1.82) is 0 Å². The second-order valence-electron chi connectivity index (χ2n) is 3.80. The Morgan fingerprint density at radius 3 is 2.18 bits per heavy atom. The zero-order chi connectivity index (χ0) is 8.91. The maximum atomic E-state index is 5.26. The van der Waals surface area contributed by atoms with Gasteiger partial charge in [-0.2, -0.15) is 0 Å². The quantitative estimate of drug-likeness (QED) is 0.561. The number of terminal acetylenes is 1. The van der Waals surface area contributed by atoms with Gasteiger partial charge in [0.15, 0.2) is 0 Å². The van der Waals surface area contributed by atoms with Crippen LogP contribution in [0.4, 0.5) is 0 Å². The highest BCUT2D eigenvalue weighted by Crippen LogP contribution is 2.12. The summed E-state index contributed by atoms with van der Waals surface area (Å²) in [4.78, 5) is 2.31. The van der Waals surface area contributed by atoms with Crippen LogP contribution in [0, 0.1) is 12.3 Å². The minimum absolute atomic E-state index is 0.211. The third kappa shape index (κ3) is 4.06. The number of hydrogen-bond donors (Lipinski definition) is 0. The van der Waals surface area contributed by atoms with Crippen LogP contribution in [0.25, 0.3) is 0 Å². The van der Waals surface area contributed by atoms with Gasteiger partial charge in [0, 0.05) is 5.54 Å². The van der Waals surface area contributed by atoms with Crippen molar-refractivity contribution in [3.63, 3.8) is 0 Å². The van der Waals surface area contributed by atoms with Crippen LogP contribution in [0.2, 0.25) is 0 Å². The molecule has 1 nitrogen and oxygen atoms in total. The molecule has 0 aromatic heterocycles. The zero-order valence-corrected chi connectivity index (χ0v) is 8.15. The summed E-state index contributed by atoms with van der Waals surface area (Å²) in [5.41, 5.74) is 0.211. The normalized spacial score (nSPS) is 11.6. The first-order chi connectivity index (χ1) is 5.02. The van der Waals surface area contributed by atoms with Crippen molar-refractivity contribution in [2.45, 2.75) is 39.7 Å². The topological polar surface area (TPSA) is 3.24 Å². The maximum absolute atomic E-state index is 5.26. The van der Waals surface area contributed by atoms with E-state index in [2.05, 4.69) is 38.5 Å². The molecule has 0 amide bonds. The van der Waals surface area contributed by atoms with Gasteiger partial charge < -0.3 is 0 Å². The van der Waals surface area contributed by atoms with Crippen molar-refractivity contribution in [2.24, 2.45) is 0 Å². The van der Waals surface area contributed by atoms with Gasteiger partial charge in [0.2, 0.25) is 0 Å². The highest BCUT2D eigenvalue weighted by atomic mass is 15.2. The Hall–Kier alpha value is -0.480. The number of rotatable bonds is 3. The molecule has 0 aliphatic heterocycles. The SMILES string of the molecule is C#CCN(CCC)C(C)(C)C. The lowest BCUT2D eigenvalue weighted by Gasteiger charge is -2.33. The van der Waals surface area contributed by atoms with Crippen molar-refractivity contribution in [2.75, 3.05) is 13.1 Å². The minimum Gasteiger partial charge on any atom is -0.287 e. The van der Waals surface area contributed by atoms with Crippen molar-refractivity contribution < 1.29 is 0 Å². The van der Waals surface area contributed by atoms with Crippen molar-refractivity contribution in [3.05, 3.63) is 0 Å². The van der Waals surface area contributed by atoms with Crippen LogP contribution in [0.15, 0.2) is 0 Å². The molecule has 0 aliphatic carbocycles. The number of hydrogen-bond acceptors (Lipinski definition) is 1. The van der Waals surface area contributed by atoms with Crippen LogP contribution in [0.1, 0.15) is 34.1 Å². The highest BCUT2D eigenvalue weighted by molar-refractivity contribution is 4.91. The molecule has 0 spiro atoms. The molecular formula is C10H19N. The summed E-state index contributed by atoms with van der Waals surface area (Å²) in [6.07, 6.45) is 6.43. The highest BCUT2D eigenvalue weighted by Gasteiger charge is 2.18. The Morgan fingerprint density at radius 1 is 1.36 bits per heavy atom. The summed E-state index contributed by atoms with van der Waals surface area (Å²) in [5.74, 6) is 2.69. The van der Waals surface area contributed by atoms with Gasteiger partial charge in [0.05, 0.1) is 6.54 Å². The van der Waals surface area contributed by atoms with E-state index in [1.54, 1.807) is 0 Å². The summed E-state index contributed by atoms with van der Waals surface area (Å²) in [6.45, 7) is 10.6. The maximum Gasteiger partial charge on any atom is 0.0603 e. The van der Waals surface area contributed by atoms with E-state index >= 15 is 0 Å². The molecule has 0 N–H and O–H groups in total. The van der Waals surface area contributed by atoms with Gasteiger partial charge in [-0.1, -0.05) is 12.8 Å². The second kappa shape index (κ2) is 4.41. The number of nitrogens with zero attached hydrogens (tertiary/aromatic N) is 1. The van der Waals surface area contributed by atoms with E-state index in [4.69, 9.17) is 6.42 Å². The molecule has 1 heteroatoms. The van der Waals surface area contributed by atoms with Gasteiger partial charge in [-0.25, -0.2) is 0 Å². The molecule has 0 unspecified atom stereocenters. The predicted octanol–water partition coefficient (Wildman–Crippen LogP) is 2.13. The van der Waals surface area contributed by atoms with Gasteiger partial charge in [-0.15, -0.1) is 6.42 Å². The fourth-order valence-electron chi connectivity index (χ4n) is 1.03. The molecular weight excluding hydrogens is 134 g/mol. The second-order valence-corrected chi connectivity index (χ2v) is 3.80. The van der Waals surface area contributed by atoms with E-state index in [0.29, 0.717) is 0 Å². The Morgan fingerprint density at radius 2 is 1.91 bits per heavy atom. The third-order valence-corrected chi connectivity index (χ3v) is 1.72. The molecule has 64 valence electrons. The summed E-state index contributed by atoms with van der Waals surface area (Å²) in [7, 11) is 0.